The van der Waals surface area contributed by atoms with Gasteiger partial charge in [-0.3, -0.25) is 14.9 Å². The molecule has 2 aromatic rings. The number of urea groups is 1. The van der Waals surface area contributed by atoms with E-state index in [-0.39, 0.29) is 24.1 Å². The summed E-state index contributed by atoms with van der Waals surface area (Å²) in [6, 6.07) is 8.74. The third-order valence-corrected chi connectivity index (χ3v) is 5.51. The Bertz CT molecular complexity index is 890. The topological polar surface area (TPSA) is 118 Å². The average Bonchev–Trinajstić information content (AvgIpc) is 3.33. The van der Waals surface area contributed by atoms with Crippen LogP contribution in [0.3, 0.4) is 0 Å². The van der Waals surface area contributed by atoms with Crippen LogP contribution in [-0.4, -0.2) is 44.9 Å². The summed E-state index contributed by atoms with van der Waals surface area (Å²) in [6.45, 7) is 0.0201. The van der Waals surface area contributed by atoms with E-state index in [2.05, 4.69) is 26.1 Å². The first kappa shape index (κ1) is 18.1. The predicted molar refractivity (Wildman–Crippen MR) is 99.7 cm³/mol. The number of nitrogens with one attached hydrogen (secondary N) is 3. The number of aromatic nitrogens is 3. The Morgan fingerprint density at radius 3 is 2.61 bits per heavy atom. The van der Waals surface area contributed by atoms with Crippen LogP contribution in [0.15, 0.2) is 36.5 Å². The van der Waals surface area contributed by atoms with Gasteiger partial charge in [-0.15, -0.1) is 5.10 Å². The molecule has 1 aromatic heterocycles. The molecule has 0 spiro atoms. The van der Waals surface area contributed by atoms with Crippen LogP contribution < -0.4 is 16.0 Å². The van der Waals surface area contributed by atoms with E-state index in [0.717, 1.165) is 37.8 Å². The molecule has 1 aromatic carbocycles. The number of amides is 4. The van der Waals surface area contributed by atoms with E-state index in [1.807, 2.05) is 30.3 Å². The van der Waals surface area contributed by atoms with Gasteiger partial charge in [0.25, 0.3) is 11.8 Å². The van der Waals surface area contributed by atoms with Crippen molar-refractivity contribution >= 4 is 17.8 Å². The predicted octanol–water partition coefficient (Wildman–Crippen LogP) is 1.16. The zero-order valence-electron chi connectivity index (χ0n) is 15.4. The molecular formula is C19H22N6O3. The molecule has 1 unspecified atom stereocenters. The molecular weight excluding hydrogens is 360 g/mol. The first-order valence-corrected chi connectivity index (χ1v) is 9.48. The minimum atomic E-state index is -1.11. The van der Waals surface area contributed by atoms with Crippen molar-refractivity contribution in [3.63, 3.8) is 0 Å². The molecule has 28 heavy (non-hydrogen) atoms. The summed E-state index contributed by atoms with van der Waals surface area (Å²) in [5, 5.41) is 16.2. The highest BCUT2D eigenvalue weighted by Crippen LogP contribution is 2.34. The molecule has 4 amide bonds. The minimum absolute atomic E-state index is 0.00648. The van der Waals surface area contributed by atoms with E-state index >= 15 is 0 Å². The van der Waals surface area contributed by atoms with Gasteiger partial charge in [-0.1, -0.05) is 37.5 Å². The van der Waals surface area contributed by atoms with Crippen LogP contribution in [0.5, 0.6) is 0 Å². The molecule has 1 aliphatic carbocycles. The summed E-state index contributed by atoms with van der Waals surface area (Å²) in [6.07, 6.45) is 6.20. The zero-order valence-corrected chi connectivity index (χ0v) is 15.4. The molecule has 0 bridgehead atoms. The Labute approximate surface area is 161 Å². The van der Waals surface area contributed by atoms with E-state index in [1.165, 1.54) is 11.0 Å². The lowest BCUT2D eigenvalue weighted by molar-refractivity contribution is -0.126. The fraction of sp³-hybridized carbons (Fsp3) is 0.421. The maximum Gasteiger partial charge on any atom is 0.322 e. The van der Waals surface area contributed by atoms with Gasteiger partial charge in [-0.25, -0.2) is 4.79 Å². The normalized spacial score (nSPS) is 22.6. The van der Waals surface area contributed by atoms with Crippen LogP contribution >= 0.6 is 0 Å². The fourth-order valence-corrected chi connectivity index (χ4v) is 4.02. The number of hydrogen-bond donors (Lipinski definition) is 3. The van der Waals surface area contributed by atoms with Gasteiger partial charge in [-0.2, -0.15) is 9.90 Å². The smallest absolute Gasteiger partial charge is 0.322 e. The third kappa shape index (κ3) is 3.35. The van der Waals surface area contributed by atoms with Crippen LogP contribution in [0.1, 0.15) is 42.6 Å². The van der Waals surface area contributed by atoms with E-state index in [9.17, 15) is 14.4 Å². The second kappa shape index (κ2) is 7.41. The molecule has 4 rings (SSSR count). The standard InChI is InChI=1S/C19H22N6O3/c26-16(15-11-21-25(24-15)14-9-5-2-6-10-14)20-12-19(13-7-3-1-4-8-13)17(27)22-18(28)23-19/h2,5-6,9-11,13H,1,3-4,7-8,12H2,(H,20,26)(H2,22,23,27,28). The van der Waals surface area contributed by atoms with Gasteiger partial charge in [0.1, 0.15) is 5.54 Å². The van der Waals surface area contributed by atoms with Crippen LogP contribution in [0, 0.1) is 5.92 Å². The van der Waals surface area contributed by atoms with Crippen LogP contribution in [-0.2, 0) is 4.79 Å². The van der Waals surface area contributed by atoms with Gasteiger partial charge < -0.3 is 10.6 Å². The summed E-state index contributed by atoms with van der Waals surface area (Å²) in [5.74, 6) is -0.822. The molecule has 146 valence electrons. The Balaban J connectivity index is 1.48. The number of hydrogen-bond acceptors (Lipinski definition) is 5. The summed E-state index contributed by atoms with van der Waals surface area (Å²) >= 11 is 0. The second-order valence-corrected chi connectivity index (χ2v) is 7.25. The number of carbonyl (C=O) groups excluding carboxylic acids is 3. The highest BCUT2D eigenvalue weighted by Gasteiger charge is 2.51. The molecule has 1 atom stereocenters. The largest absolute Gasteiger partial charge is 0.348 e. The maximum atomic E-state index is 12.6. The lowest BCUT2D eigenvalue weighted by Crippen LogP contribution is -2.60. The molecule has 2 aliphatic rings. The van der Waals surface area contributed by atoms with Gasteiger partial charge in [0.2, 0.25) is 0 Å². The van der Waals surface area contributed by atoms with E-state index in [1.54, 1.807) is 0 Å². The average molecular weight is 382 g/mol. The first-order chi connectivity index (χ1) is 13.6. The Hall–Kier alpha value is -3.23. The number of para-hydroxylation sites is 1. The summed E-state index contributed by atoms with van der Waals surface area (Å²) in [5.41, 5.74) is -0.224. The van der Waals surface area contributed by atoms with Crippen molar-refractivity contribution < 1.29 is 14.4 Å². The number of imide groups is 1. The van der Waals surface area contributed by atoms with Gasteiger partial charge in [0.05, 0.1) is 18.4 Å². The Morgan fingerprint density at radius 1 is 1.18 bits per heavy atom. The molecule has 9 heteroatoms. The zero-order chi connectivity index (χ0) is 19.6. The van der Waals surface area contributed by atoms with Gasteiger partial charge >= 0.3 is 6.03 Å². The van der Waals surface area contributed by atoms with Crippen LogP contribution in [0.4, 0.5) is 4.79 Å². The molecule has 2 fully saturated rings. The monoisotopic (exact) mass is 382 g/mol. The summed E-state index contributed by atoms with van der Waals surface area (Å²) in [7, 11) is 0. The SMILES string of the molecule is O=C1NC(=O)C(CNC(=O)c2cnn(-c3ccccc3)n2)(C2CCCCC2)N1. The molecule has 1 aliphatic heterocycles. The lowest BCUT2D eigenvalue weighted by atomic mass is 9.74. The van der Waals surface area contributed by atoms with Crippen molar-refractivity contribution in [3.05, 3.63) is 42.2 Å². The first-order valence-electron chi connectivity index (χ1n) is 9.48. The molecule has 2 heterocycles. The fourth-order valence-electron chi connectivity index (χ4n) is 4.02. The molecule has 1 saturated heterocycles. The van der Waals surface area contributed by atoms with Gasteiger partial charge in [0.15, 0.2) is 5.69 Å². The number of nitrogens with zero attached hydrogens (tertiary/aromatic N) is 3. The molecule has 3 N–H and O–H groups in total. The molecule has 9 nitrogen and oxygen atoms in total. The number of carbonyl (C=O) groups is 3. The third-order valence-electron chi connectivity index (χ3n) is 5.51. The molecule has 0 radical (unpaired) electrons. The van der Waals surface area contributed by atoms with Crippen molar-refractivity contribution in [2.45, 2.75) is 37.6 Å². The Morgan fingerprint density at radius 2 is 1.93 bits per heavy atom. The highest BCUT2D eigenvalue weighted by atomic mass is 16.2. The highest BCUT2D eigenvalue weighted by molar-refractivity contribution is 6.07. The van der Waals surface area contributed by atoms with E-state index < -0.39 is 17.5 Å². The second-order valence-electron chi connectivity index (χ2n) is 7.25. The molecule has 1 saturated carbocycles. The van der Waals surface area contributed by atoms with Crippen molar-refractivity contribution in [3.8, 4) is 5.69 Å². The number of rotatable bonds is 5. The van der Waals surface area contributed by atoms with E-state index in [0.29, 0.717) is 0 Å². The van der Waals surface area contributed by atoms with Crippen molar-refractivity contribution in [2.24, 2.45) is 5.92 Å². The van der Waals surface area contributed by atoms with Crippen molar-refractivity contribution in [1.29, 1.82) is 0 Å². The minimum Gasteiger partial charge on any atom is -0.348 e. The maximum absolute atomic E-state index is 12.6. The Kier molecular flexibility index (Phi) is 4.81. The van der Waals surface area contributed by atoms with Gasteiger partial charge in [0, 0.05) is 0 Å². The quantitative estimate of drug-likeness (QED) is 0.671. The summed E-state index contributed by atoms with van der Waals surface area (Å²) in [4.78, 5) is 38.3. The van der Waals surface area contributed by atoms with Crippen LogP contribution in [0.25, 0.3) is 5.69 Å². The van der Waals surface area contributed by atoms with Gasteiger partial charge in [-0.05, 0) is 30.9 Å². The van der Waals surface area contributed by atoms with E-state index in [4.69, 9.17) is 0 Å². The number of benzene rings is 1. The van der Waals surface area contributed by atoms with Crippen molar-refractivity contribution in [2.75, 3.05) is 6.54 Å². The van der Waals surface area contributed by atoms with Crippen LogP contribution in [0.2, 0.25) is 0 Å². The summed E-state index contributed by atoms with van der Waals surface area (Å²) < 4.78 is 0. The lowest BCUT2D eigenvalue weighted by Gasteiger charge is -2.37. The van der Waals surface area contributed by atoms with Crippen molar-refractivity contribution in [1.82, 2.24) is 30.9 Å².